The van der Waals surface area contributed by atoms with E-state index in [-0.39, 0.29) is 47.9 Å². The van der Waals surface area contributed by atoms with Gasteiger partial charge in [0.15, 0.2) is 0 Å². The summed E-state index contributed by atoms with van der Waals surface area (Å²) in [6.07, 6.45) is 5.01. The maximum atomic E-state index is 12.6. The highest BCUT2D eigenvalue weighted by Gasteiger charge is 2.59. The van der Waals surface area contributed by atoms with E-state index in [0.29, 0.717) is 6.54 Å². The molecule has 4 unspecified atom stereocenters. The standard InChI is InChI=1S/C17H19N3O3S/c1-9-18-12(8-24-9)6-19(2)13(21)7-20-16(22)14-10-3-4-11(5-10)15(14)17(20)23/h3-4,8,10-11,14-15H,5-7H2,1-2H3. The molecule has 0 radical (unpaired) electrons. The molecule has 2 fully saturated rings. The van der Waals surface area contributed by atoms with Crippen LogP contribution in [0.2, 0.25) is 0 Å². The molecular weight excluding hydrogens is 326 g/mol. The summed E-state index contributed by atoms with van der Waals surface area (Å²) in [5.74, 6) is -0.720. The Bertz CT molecular complexity index is 726. The van der Waals surface area contributed by atoms with Gasteiger partial charge >= 0.3 is 0 Å². The number of carbonyl (C=O) groups excluding carboxylic acids is 3. The SMILES string of the molecule is Cc1nc(CN(C)C(=O)CN2C(=O)C3C4C=CC(C4)C3C2=O)cs1. The van der Waals surface area contributed by atoms with Gasteiger partial charge in [-0.25, -0.2) is 4.98 Å². The smallest absolute Gasteiger partial charge is 0.242 e. The second-order valence-corrected chi connectivity index (χ2v) is 7.93. The van der Waals surface area contributed by atoms with Crippen molar-refractivity contribution in [2.24, 2.45) is 23.7 Å². The highest BCUT2D eigenvalue weighted by atomic mass is 32.1. The third-order valence-electron chi connectivity index (χ3n) is 5.35. The lowest BCUT2D eigenvalue weighted by Gasteiger charge is -2.21. The zero-order chi connectivity index (χ0) is 17.0. The van der Waals surface area contributed by atoms with Crippen molar-refractivity contribution in [1.82, 2.24) is 14.8 Å². The molecule has 2 bridgehead atoms. The van der Waals surface area contributed by atoms with E-state index in [1.165, 1.54) is 21.1 Å². The van der Waals surface area contributed by atoms with Crippen molar-refractivity contribution < 1.29 is 14.4 Å². The number of rotatable bonds is 4. The zero-order valence-electron chi connectivity index (χ0n) is 13.6. The minimum atomic E-state index is -0.244. The van der Waals surface area contributed by atoms with Crippen LogP contribution in [0.1, 0.15) is 17.1 Å². The molecule has 1 aromatic heterocycles. The number of hydrogen-bond donors (Lipinski definition) is 0. The lowest BCUT2D eigenvalue weighted by Crippen LogP contribution is -2.42. The number of hydrogen-bond acceptors (Lipinski definition) is 5. The van der Waals surface area contributed by atoms with Crippen LogP contribution in [0.15, 0.2) is 17.5 Å². The molecule has 3 aliphatic rings. The van der Waals surface area contributed by atoms with Crippen LogP contribution in [-0.4, -0.2) is 46.1 Å². The first kappa shape index (κ1) is 15.5. The third-order valence-corrected chi connectivity index (χ3v) is 6.17. The number of aryl methyl sites for hydroxylation is 1. The Morgan fingerprint density at radius 3 is 2.46 bits per heavy atom. The molecule has 4 atom stereocenters. The Morgan fingerprint density at radius 2 is 1.92 bits per heavy atom. The van der Waals surface area contributed by atoms with Crippen LogP contribution in [-0.2, 0) is 20.9 Å². The summed E-state index contributed by atoms with van der Waals surface area (Å²) in [5.41, 5.74) is 0.825. The fourth-order valence-corrected chi connectivity index (χ4v) is 4.79. The first-order valence-corrected chi connectivity index (χ1v) is 9.02. The van der Waals surface area contributed by atoms with Crippen molar-refractivity contribution in [1.29, 1.82) is 0 Å². The van der Waals surface area contributed by atoms with Gasteiger partial charge in [-0.2, -0.15) is 0 Å². The number of amides is 3. The van der Waals surface area contributed by atoms with Gasteiger partial charge in [0.2, 0.25) is 17.7 Å². The van der Waals surface area contributed by atoms with E-state index in [1.54, 1.807) is 7.05 Å². The number of likely N-dealkylation sites (N-methyl/N-ethyl adjacent to an activating group) is 1. The summed E-state index contributed by atoms with van der Waals surface area (Å²) in [4.78, 5) is 44.7. The van der Waals surface area contributed by atoms with Crippen LogP contribution in [0.25, 0.3) is 0 Å². The van der Waals surface area contributed by atoms with Crippen LogP contribution in [0.5, 0.6) is 0 Å². The second kappa shape index (κ2) is 5.51. The van der Waals surface area contributed by atoms with Crippen molar-refractivity contribution in [3.63, 3.8) is 0 Å². The van der Waals surface area contributed by atoms with Gasteiger partial charge in [0.25, 0.3) is 0 Å². The Kier molecular flexibility index (Phi) is 3.56. The number of thiazole rings is 1. The predicted molar refractivity (Wildman–Crippen MR) is 87.8 cm³/mol. The summed E-state index contributed by atoms with van der Waals surface area (Å²) in [6, 6.07) is 0. The van der Waals surface area contributed by atoms with Crippen LogP contribution >= 0.6 is 11.3 Å². The molecule has 0 N–H and O–H groups in total. The number of allylic oxidation sites excluding steroid dienone is 2. The van der Waals surface area contributed by atoms with Gasteiger partial charge < -0.3 is 4.90 Å². The molecule has 1 aliphatic heterocycles. The van der Waals surface area contributed by atoms with Gasteiger partial charge in [0.05, 0.1) is 29.1 Å². The molecule has 6 nitrogen and oxygen atoms in total. The molecule has 1 aromatic rings. The highest BCUT2D eigenvalue weighted by Crippen LogP contribution is 2.52. The highest BCUT2D eigenvalue weighted by molar-refractivity contribution is 7.09. The Balaban J connectivity index is 1.43. The largest absolute Gasteiger partial charge is 0.338 e. The van der Waals surface area contributed by atoms with Gasteiger partial charge in [-0.1, -0.05) is 12.2 Å². The quantitative estimate of drug-likeness (QED) is 0.608. The lowest BCUT2D eigenvalue weighted by atomic mass is 9.85. The number of fused-ring (bicyclic) bond motifs is 5. The first-order chi connectivity index (χ1) is 11.5. The normalized spacial score (nSPS) is 30.3. The zero-order valence-corrected chi connectivity index (χ0v) is 14.5. The van der Waals surface area contributed by atoms with Crippen LogP contribution in [0.3, 0.4) is 0 Å². The topological polar surface area (TPSA) is 70.6 Å². The summed E-state index contributed by atoms with van der Waals surface area (Å²) in [7, 11) is 1.67. The van der Waals surface area contributed by atoms with E-state index in [4.69, 9.17) is 0 Å². The average Bonchev–Trinajstić information content (AvgIpc) is 3.29. The van der Waals surface area contributed by atoms with Crippen LogP contribution in [0.4, 0.5) is 0 Å². The molecule has 4 rings (SSSR count). The van der Waals surface area contributed by atoms with E-state index < -0.39 is 0 Å². The maximum absolute atomic E-state index is 12.6. The molecular formula is C17H19N3O3S. The lowest BCUT2D eigenvalue weighted by molar-refractivity contribution is -0.146. The Morgan fingerprint density at radius 1 is 1.29 bits per heavy atom. The second-order valence-electron chi connectivity index (χ2n) is 6.87. The number of aromatic nitrogens is 1. The molecule has 126 valence electrons. The molecule has 0 spiro atoms. The van der Waals surface area contributed by atoms with Gasteiger partial charge in [-0.3, -0.25) is 19.3 Å². The summed E-state index contributed by atoms with van der Waals surface area (Å²) >= 11 is 1.54. The van der Waals surface area contributed by atoms with E-state index in [9.17, 15) is 14.4 Å². The van der Waals surface area contributed by atoms with E-state index in [2.05, 4.69) is 17.1 Å². The van der Waals surface area contributed by atoms with Gasteiger partial charge in [-0.05, 0) is 25.2 Å². The van der Waals surface area contributed by atoms with Gasteiger partial charge in [-0.15, -0.1) is 11.3 Å². The summed E-state index contributed by atoms with van der Waals surface area (Å²) in [5, 5.41) is 2.87. The molecule has 0 aromatic carbocycles. The monoisotopic (exact) mass is 345 g/mol. The summed E-state index contributed by atoms with van der Waals surface area (Å²) < 4.78 is 0. The van der Waals surface area contributed by atoms with E-state index in [0.717, 1.165) is 17.1 Å². The molecule has 3 amide bonds. The predicted octanol–water partition coefficient (Wildman–Crippen LogP) is 1.22. The minimum Gasteiger partial charge on any atom is -0.338 e. The molecule has 2 aliphatic carbocycles. The minimum absolute atomic E-state index is 0.163. The first-order valence-electron chi connectivity index (χ1n) is 8.14. The summed E-state index contributed by atoms with van der Waals surface area (Å²) in [6.45, 7) is 2.14. The van der Waals surface area contributed by atoms with Gasteiger partial charge in [0.1, 0.15) is 6.54 Å². The maximum Gasteiger partial charge on any atom is 0.242 e. The van der Waals surface area contributed by atoms with Crippen molar-refractivity contribution in [3.8, 4) is 0 Å². The Labute approximate surface area is 144 Å². The van der Waals surface area contributed by atoms with Crippen molar-refractivity contribution >= 4 is 29.1 Å². The third kappa shape index (κ3) is 2.30. The average molecular weight is 345 g/mol. The molecule has 1 saturated heterocycles. The van der Waals surface area contributed by atoms with Crippen molar-refractivity contribution in [3.05, 3.63) is 28.2 Å². The van der Waals surface area contributed by atoms with E-state index in [1.807, 2.05) is 12.3 Å². The van der Waals surface area contributed by atoms with E-state index >= 15 is 0 Å². The fraction of sp³-hybridized carbons (Fsp3) is 0.529. The number of imide groups is 1. The van der Waals surface area contributed by atoms with Crippen LogP contribution < -0.4 is 0 Å². The fourth-order valence-electron chi connectivity index (χ4n) is 4.19. The number of likely N-dealkylation sites (tertiary alicyclic amines) is 1. The van der Waals surface area contributed by atoms with Crippen LogP contribution in [0, 0.1) is 30.6 Å². The van der Waals surface area contributed by atoms with Gasteiger partial charge in [0, 0.05) is 12.4 Å². The molecule has 1 saturated carbocycles. The molecule has 7 heteroatoms. The number of nitrogens with zero attached hydrogens (tertiary/aromatic N) is 3. The number of carbonyl (C=O) groups is 3. The Hall–Kier alpha value is -2.02. The molecule has 24 heavy (non-hydrogen) atoms. The van der Waals surface area contributed by atoms with Crippen molar-refractivity contribution in [2.45, 2.75) is 19.9 Å². The molecule has 2 heterocycles. The van der Waals surface area contributed by atoms with Crippen molar-refractivity contribution in [2.75, 3.05) is 13.6 Å².